The van der Waals surface area contributed by atoms with Crippen LogP contribution in [0, 0.1) is 0 Å². The maximum Gasteiger partial charge on any atom is 0.187 e. The van der Waals surface area contributed by atoms with Gasteiger partial charge in [-0.15, -0.1) is 9.24 Å². The molecule has 85 valence electrons. The third-order valence-corrected chi connectivity index (χ3v) is 1.51. The Bertz CT molecular complexity index is 305. The predicted molar refractivity (Wildman–Crippen MR) is 71.9 cm³/mol. The van der Waals surface area contributed by atoms with Crippen molar-refractivity contribution in [2.24, 2.45) is 0 Å². The Balaban J connectivity index is 0. The molecule has 4 heteroatoms. The molecule has 0 amide bonds. The fourth-order valence-corrected chi connectivity index (χ4v) is 1.02. The molecule has 0 aliphatic rings. The third-order valence-electron chi connectivity index (χ3n) is 1.51. The van der Waals surface area contributed by atoms with Crippen LogP contribution < -0.4 is 0 Å². The van der Waals surface area contributed by atoms with E-state index in [-0.39, 0.29) is 34.4 Å². The summed E-state index contributed by atoms with van der Waals surface area (Å²) in [6, 6.07) is 12.1. The smallest absolute Gasteiger partial charge is 0.187 e. The molecule has 0 bridgehead atoms. The van der Waals surface area contributed by atoms with E-state index in [4.69, 9.17) is 0 Å². The number of hydrogen-bond donors (Lipinski definition) is 0. The first kappa shape index (κ1) is 17.5. The van der Waals surface area contributed by atoms with Gasteiger partial charge >= 0.3 is 0 Å². The Morgan fingerprint density at radius 2 is 1.67 bits per heavy atom. The van der Waals surface area contributed by atoms with Crippen LogP contribution in [0.25, 0.3) is 10.9 Å². The van der Waals surface area contributed by atoms with Gasteiger partial charge in [-0.3, -0.25) is 4.98 Å². The van der Waals surface area contributed by atoms with Crippen LogP contribution in [0.1, 0.15) is 6.92 Å². The summed E-state index contributed by atoms with van der Waals surface area (Å²) < 4.78 is 0. The molecule has 0 saturated heterocycles. The predicted octanol–water partition coefficient (Wildman–Crippen LogP) is 1.93. The number of para-hydroxylation sites is 1. The minimum atomic E-state index is 0. The summed E-state index contributed by atoms with van der Waals surface area (Å²) in [4.78, 5) is 4.18. The molecule has 1 atom stereocenters. The number of benzene rings is 1. The van der Waals surface area contributed by atoms with Crippen LogP contribution in [-0.2, 0) is 17.1 Å². The van der Waals surface area contributed by atoms with Crippen molar-refractivity contribution in [2.45, 2.75) is 6.92 Å². The molecule has 1 aromatic carbocycles. The second-order valence-corrected chi connectivity index (χ2v) is 3.42. The molecular weight excluding hydrogens is 268 g/mol. The normalized spacial score (nSPS) is 7.87. The molecule has 0 saturated carbocycles. The zero-order valence-electron chi connectivity index (χ0n) is 8.07. The fraction of sp³-hybridized carbons (Fsp3) is 0.182. The van der Waals surface area contributed by atoms with Crippen molar-refractivity contribution in [3.8, 4) is 0 Å². The Morgan fingerprint density at radius 3 is 2.27 bits per heavy atom. The quantitative estimate of drug-likeness (QED) is 0.532. The summed E-state index contributed by atoms with van der Waals surface area (Å²) in [6.45, 7) is 2.09. The van der Waals surface area contributed by atoms with Crippen molar-refractivity contribution in [2.75, 3.05) is 6.16 Å². The number of nitrogens with zero attached hydrogens (tertiary/aromatic N) is 1. The van der Waals surface area contributed by atoms with Gasteiger partial charge in [-0.1, -0.05) is 31.2 Å². The molecule has 1 aromatic heterocycles. The van der Waals surface area contributed by atoms with Crippen LogP contribution in [0.5, 0.6) is 0 Å². The minimum Gasteiger partial charge on any atom is -0.256 e. The molecule has 0 aliphatic heterocycles. The van der Waals surface area contributed by atoms with Gasteiger partial charge < -0.3 is 0 Å². The molecule has 2 aromatic rings. The molecule has 1 unspecified atom stereocenters. The average molecular weight is 285 g/mol. The van der Waals surface area contributed by atoms with Gasteiger partial charge in [-0.2, -0.15) is 0 Å². The zero-order valence-corrected chi connectivity index (χ0v) is 10.2. The number of pyridine rings is 1. The average Bonchev–Trinajstić information content (AvgIpc) is 2.19. The van der Waals surface area contributed by atoms with Crippen molar-refractivity contribution < 1.29 is 17.1 Å². The van der Waals surface area contributed by atoms with E-state index in [1.54, 1.807) is 0 Å². The number of rotatable bonds is 0. The van der Waals surface area contributed by atoms with E-state index in [1.165, 1.54) is 11.5 Å². The molecule has 0 fully saturated rings. The van der Waals surface area contributed by atoms with Crippen LogP contribution in [0.15, 0.2) is 42.6 Å². The molecule has 0 spiro atoms. The van der Waals surface area contributed by atoms with E-state index in [2.05, 4.69) is 33.3 Å². The monoisotopic (exact) mass is 284 g/mol. The first-order valence-corrected chi connectivity index (χ1v) is 5.20. The van der Waals surface area contributed by atoms with Gasteiger partial charge in [0.2, 0.25) is 0 Å². The van der Waals surface area contributed by atoms with Crippen LogP contribution in [0.4, 0.5) is 0 Å². The minimum absolute atomic E-state index is 0. The molecule has 0 aliphatic carbocycles. The Labute approximate surface area is 115 Å². The van der Waals surface area contributed by atoms with Gasteiger partial charge in [0, 0.05) is 28.7 Å². The van der Waals surface area contributed by atoms with Gasteiger partial charge in [0.25, 0.3) is 0 Å². The first-order chi connectivity index (χ1) is 6.38. The second-order valence-electron chi connectivity index (χ2n) is 2.60. The van der Waals surface area contributed by atoms with E-state index < -0.39 is 0 Å². The van der Waals surface area contributed by atoms with Crippen molar-refractivity contribution >= 4 is 37.5 Å². The fourth-order valence-electron chi connectivity index (χ4n) is 1.02. The molecule has 1 nitrogen and oxygen atoms in total. The van der Waals surface area contributed by atoms with Crippen LogP contribution >= 0.6 is 9.24 Å². The van der Waals surface area contributed by atoms with Crippen molar-refractivity contribution in [1.82, 2.24) is 4.98 Å². The van der Waals surface area contributed by atoms with E-state index in [0.29, 0.717) is 0 Å². The summed E-state index contributed by atoms with van der Waals surface area (Å²) in [5.41, 5.74) is 1.06. The number of hydrogen-bond acceptors (Lipinski definition) is 1. The summed E-state index contributed by atoms with van der Waals surface area (Å²) in [6.07, 6.45) is 2.97. The van der Waals surface area contributed by atoms with E-state index in [9.17, 15) is 0 Å². The summed E-state index contributed by atoms with van der Waals surface area (Å²) in [5.74, 6) is 0. The van der Waals surface area contributed by atoms with Gasteiger partial charge in [0.05, 0.1) is 5.52 Å². The molecular formula is C11H17AlCuNP. The van der Waals surface area contributed by atoms with E-state index >= 15 is 0 Å². The number of aromatic nitrogens is 1. The Morgan fingerprint density at radius 1 is 1.13 bits per heavy atom. The van der Waals surface area contributed by atoms with Crippen molar-refractivity contribution in [3.63, 3.8) is 0 Å². The van der Waals surface area contributed by atoms with Crippen LogP contribution in [0.2, 0.25) is 0 Å². The zero-order chi connectivity index (χ0) is 9.52. The van der Waals surface area contributed by atoms with Crippen molar-refractivity contribution in [3.05, 3.63) is 42.6 Å². The summed E-state index contributed by atoms with van der Waals surface area (Å²) >= 11 is 0. The van der Waals surface area contributed by atoms with Gasteiger partial charge in [0.1, 0.15) is 0 Å². The maximum absolute atomic E-state index is 4.18. The van der Waals surface area contributed by atoms with E-state index in [1.807, 2.05) is 30.5 Å². The number of fused-ring (bicyclic) bond motifs is 1. The van der Waals surface area contributed by atoms with Crippen molar-refractivity contribution in [1.29, 1.82) is 0 Å². The standard InChI is InChI=1S/C9H7N.C2H7P.Al.Cu.3H/c1-2-6-9-8(4-1)5-3-7-10-9;1-2-3;;;;;/h1-7H;2-3H2,1H3;;;;;. The summed E-state index contributed by atoms with van der Waals surface area (Å²) in [7, 11) is 2.58. The SMILES string of the molecule is CCP.[AlH3].[Cu].c1ccc2ncccc2c1. The topological polar surface area (TPSA) is 12.9 Å². The van der Waals surface area contributed by atoms with Gasteiger partial charge in [0.15, 0.2) is 17.4 Å². The van der Waals surface area contributed by atoms with Crippen LogP contribution in [0.3, 0.4) is 0 Å². The van der Waals surface area contributed by atoms with E-state index in [0.717, 1.165) is 5.52 Å². The second kappa shape index (κ2) is 10.6. The molecule has 15 heavy (non-hydrogen) atoms. The Kier molecular flexibility index (Phi) is 12.4. The maximum atomic E-state index is 4.18. The largest absolute Gasteiger partial charge is 0.256 e. The third kappa shape index (κ3) is 6.31. The molecule has 0 N–H and O–H groups in total. The molecule has 1 radical (unpaired) electrons. The Hall–Kier alpha value is 0.112. The first-order valence-electron chi connectivity index (χ1n) is 4.38. The van der Waals surface area contributed by atoms with Crippen LogP contribution in [-0.4, -0.2) is 28.5 Å². The molecule has 2 rings (SSSR count). The molecule has 1 heterocycles. The van der Waals surface area contributed by atoms with Gasteiger partial charge in [-0.05, 0) is 18.3 Å². The van der Waals surface area contributed by atoms with Gasteiger partial charge in [-0.25, -0.2) is 0 Å². The summed E-state index contributed by atoms with van der Waals surface area (Å²) in [5, 5.41) is 1.20.